The Morgan fingerprint density at radius 1 is 1.35 bits per heavy atom. The van der Waals surface area contributed by atoms with E-state index in [2.05, 4.69) is 10.3 Å². The molecule has 1 aromatic heterocycles. The maximum atomic E-state index is 14.1. The zero-order valence-corrected chi connectivity index (χ0v) is 13.1. The van der Waals surface area contributed by atoms with Gasteiger partial charge in [0.15, 0.2) is 5.82 Å². The van der Waals surface area contributed by atoms with Crippen LogP contribution in [-0.2, 0) is 4.79 Å². The number of aromatic nitrogens is 1. The number of nitrogens with two attached hydrogens (primary N) is 1. The quantitative estimate of drug-likeness (QED) is 0.912. The first-order valence-corrected chi connectivity index (χ1v) is 7.76. The first-order chi connectivity index (χ1) is 11.0. The number of nitrogens with zero attached hydrogens (tertiary/aromatic N) is 1. The number of carbonyl (C=O) groups excluding carboxylic acids is 1. The number of hydrogen-bond acceptors (Lipinski definition) is 4. The third-order valence-corrected chi connectivity index (χ3v) is 4.45. The second kappa shape index (κ2) is 6.12. The lowest BCUT2D eigenvalue weighted by Crippen LogP contribution is -2.52. The van der Waals surface area contributed by atoms with Gasteiger partial charge in [-0.25, -0.2) is 4.39 Å². The number of pyridine rings is 1. The molecule has 0 atom stereocenters. The molecule has 1 fully saturated rings. The Balaban J connectivity index is 1.96. The smallest absolute Gasteiger partial charge is 0.244 e. The van der Waals surface area contributed by atoms with Crippen molar-refractivity contribution in [1.29, 1.82) is 0 Å². The molecule has 1 aromatic carbocycles. The topological polar surface area (TPSA) is 77.2 Å². The summed E-state index contributed by atoms with van der Waals surface area (Å²) in [5.74, 6) is -0.345. The summed E-state index contributed by atoms with van der Waals surface area (Å²) in [6.07, 6.45) is 5.80. The van der Waals surface area contributed by atoms with Crippen molar-refractivity contribution >= 4 is 22.5 Å². The molecule has 0 aliphatic heterocycles. The van der Waals surface area contributed by atoms with Crippen LogP contribution in [0.15, 0.2) is 24.4 Å². The summed E-state index contributed by atoms with van der Waals surface area (Å²) in [6.45, 7) is 0. The van der Waals surface area contributed by atoms with E-state index >= 15 is 0 Å². The van der Waals surface area contributed by atoms with Crippen molar-refractivity contribution in [3.63, 3.8) is 0 Å². The van der Waals surface area contributed by atoms with Gasteiger partial charge in [0.05, 0.1) is 18.3 Å². The Morgan fingerprint density at radius 3 is 2.78 bits per heavy atom. The summed E-state index contributed by atoms with van der Waals surface area (Å²) in [5, 5.41) is 3.34. The number of benzene rings is 1. The van der Waals surface area contributed by atoms with Crippen LogP contribution in [0.1, 0.15) is 32.1 Å². The number of rotatable bonds is 3. The number of fused-ring (bicyclic) bond motifs is 1. The zero-order chi connectivity index (χ0) is 16.4. The molecule has 0 bridgehead atoms. The van der Waals surface area contributed by atoms with E-state index in [0.29, 0.717) is 29.7 Å². The molecule has 0 unspecified atom stereocenters. The number of carbonyl (C=O) groups is 1. The highest BCUT2D eigenvalue weighted by Gasteiger charge is 2.35. The monoisotopic (exact) mass is 317 g/mol. The highest BCUT2D eigenvalue weighted by molar-refractivity contribution is 6.04. The summed E-state index contributed by atoms with van der Waals surface area (Å²) < 4.78 is 19.2. The second-order valence-electron chi connectivity index (χ2n) is 6.03. The van der Waals surface area contributed by atoms with Gasteiger partial charge in [-0.15, -0.1) is 0 Å². The molecule has 5 nitrogen and oxygen atoms in total. The van der Waals surface area contributed by atoms with Gasteiger partial charge in [0, 0.05) is 17.6 Å². The summed E-state index contributed by atoms with van der Waals surface area (Å²) in [7, 11) is 1.46. The van der Waals surface area contributed by atoms with Gasteiger partial charge >= 0.3 is 0 Å². The predicted molar refractivity (Wildman–Crippen MR) is 86.9 cm³/mol. The van der Waals surface area contributed by atoms with Gasteiger partial charge in [0.25, 0.3) is 0 Å². The van der Waals surface area contributed by atoms with Crippen molar-refractivity contribution in [2.75, 3.05) is 12.4 Å². The van der Waals surface area contributed by atoms with Gasteiger partial charge in [0.2, 0.25) is 5.91 Å². The van der Waals surface area contributed by atoms with Crippen molar-refractivity contribution in [3.05, 3.63) is 30.2 Å². The number of amides is 1. The fourth-order valence-corrected chi connectivity index (χ4v) is 3.07. The van der Waals surface area contributed by atoms with Crippen LogP contribution in [0.5, 0.6) is 5.75 Å². The number of hydrogen-bond donors (Lipinski definition) is 2. The van der Waals surface area contributed by atoms with Crippen LogP contribution >= 0.6 is 0 Å². The molecule has 23 heavy (non-hydrogen) atoms. The lowest BCUT2D eigenvalue weighted by atomic mass is 9.82. The average molecular weight is 317 g/mol. The molecule has 6 heteroatoms. The van der Waals surface area contributed by atoms with Crippen molar-refractivity contribution in [1.82, 2.24) is 4.98 Å². The molecular formula is C17H20FN3O2. The van der Waals surface area contributed by atoms with E-state index in [-0.39, 0.29) is 11.4 Å². The van der Waals surface area contributed by atoms with Crippen LogP contribution in [0.4, 0.5) is 10.1 Å². The standard InChI is InChI=1S/C17H20FN3O2/c1-23-11-9-12-14(5-8-20-15(12)13(18)10-11)21-16(22)17(19)6-3-2-4-7-17/h5,8-10H,2-4,6-7,19H2,1H3,(H,20,21,22). The van der Waals surface area contributed by atoms with E-state index in [0.717, 1.165) is 19.3 Å². The van der Waals surface area contributed by atoms with Crippen LogP contribution < -0.4 is 15.8 Å². The highest BCUT2D eigenvalue weighted by Crippen LogP contribution is 2.31. The summed E-state index contributed by atoms with van der Waals surface area (Å²) >= 11 is 0. The maximum absolute atomic E-state index is 14.1. The van der Waals surface area contributed by atoms with E-state index in [1.165, 1.54) is 19.4 Å². The van der Waals surface area contributed by atoms with Crippen molar-refractivity contribution < 1.29 is 13.9 Å². The van der Waals surface area contributed by atoms with Crippen LogP contribution in [0, 0.1) is 5.82 Å². The molecule has 2 aromatic rings. The van der Waals surface area contributed by atoms with Crippen LogP contribution in [-0.4, -0.2) is 23.5 Å². The molecule has 0 radical (unpaired) electrons. The molecule has 1 saturated carbocycles. The molecular weight excluding hydrogens is 297 g/mol. The molecule has 3 rings (SSSR count). The van der Waals surface area contributed by atoms with Crippen LogP contribution in [0.25, 0.3) is 10.9 Å². The lowest BCUT2D eigenvalue weighted by molar-refractivity contribution is -0.122. The summed E-state index contributed by atoms with van der Waals surface area (Å²) in [5.41, 5.74) is 6.08. The van der Waals surface area contributed by atoms with Crippen molar-refractivity contribution in [2.45, 2.75) is 37.6 Å². The molecule has 0 saturated heterocycles. The fourth-order valence-electron chi connectivity index (χ4n) is 3.07. The Bertz CT molecular complexity index is 742. The van der Waals surface area contributed by atoms with Gasteiger partial charge in [-0.2, -0.15) is 0 Å². The number of ether oxygens (including phenoxy) is 1. The minimum Gasteiger partial charge on any atom is -0.497 e. The number of methoxy groups -OCH3 is 1. The highest BCUT2D eigenvalue weighted by atomic mass is 19.1. The van der Waals surface area contributed by atoms with Crippen LogP contribution in [0.2, 0.25) is 0 Å². The Morgan fingerprint density at radius 2 is 2.09 bits per heavy atom. The zero-order valence-electron chi connectivity index (χ0n) is 13.1. The molecule has 1 aliphatic carbocycles. The summed E-state index contributed by atoms with van der Waals surface area (Å²) in [6, 6.07) is 4.57. The average Bonchev–Trinajstić information content (AvgIpc) is 2.56. The second-order valence-corrected chi connectivity index (χ2v) is 6.03. The van der Waals surface area contributed by atoms with Gasteiger partial charge in [-0.3, -0.25) is 9.78 Å². The van der Waals surface area contributed by atoms with Gasteiger partial charge < -0.3 is 15.8 Å². The third kappa shape index (κ3) is 2.99. The van der Waals surface area contributed by atoms with E-state index < -0.39 is 11.4 Å². The third-order valence-electron chi connectivity index (χ3n) is 4.45. The molecule has 1 amide bonds. The maximum Gasteiger partial charge on any atom is 0.244 e. The Kier molecular flexibility index (Phi) is 4.17. The van der Waals surface area contributed by atoms with Gasteiger partial charge in [-0.1, -0.05) is 19.3 Å². The summed E-state index contributed by atoms with van der Waals surface area (Å²) in [4.78, 5) is 16.6. The predicted octanol–water partition coefficient (Wildman–Crippen LogP) is 2.98. The SMILES string of the molecule is COc1cc(F)c2nccc(NC(=O)C3(N)CCCCC3)c2c1. The molecule has 0 spiro atoms. The molecule has 122 valence electrons. The minimum absolute atomic E-state index is 0.193. The molecule has 1 aliphatic rings. The van der Waals surface area contributed by atoms with Crippen molar-refractivity contribution in [2.24, 2.45) is 5.73 Å². The number of nitrogens with one attached hydrogen (secondary N) is 1. The number of halogens is 1. The minimum atomic E-state index is -0.856. The Labute approximate surface area is 134 Å². The van der Waals surface area contributed by atoms with Crippen molar-refractivity contribution in [3.8, 4) is 5.75 Å². The first kappa shape index (κ1) is 15.7. The Hall–Kier alpha value is -2.21. The fraction of sp³-hybridized carbons (Fsp3) is 0.412. The lowest BCUT2D eigenvalue weighted by Gasteiger charge is -2.31. The van der Waals surface area contributed by atoms with E-state index in [9.17, 15) is 9.18 Å². The van der Waals surface area contributed by atoms with Crippen LogP contribution in [0.3, 0.4) is 0 Å². The van der Waals surface area contributed by atoms with Gasteiger partial charge in [-0.05, 0) is 25.0 Å². The molecule has 3 N–H and O–H groups in total. The largest absolute Gasteiger partial charge is 0.497 e. The number of anilines is 1. The normalized spacial score (nSPS) is 17.0. The first-order valence-electron chi connectivity index (χ1n) is 7.76. The molecule has 1 heterocycles. The van der Waals surface area contributed by atoms with E-state index in [4.69, 9.17) is 10.5 Å². The van der Waals surface area contributed by atoms with E-state index in [1.54, 1.807) is 12.1 Å². The van der Waals surface area contributed by atoms with E-state index in [1.807, 2.05) is 0 Å². The van der Waals surface area contributed by atoms with Gasteiger partial charge in [0.1, 0.15) is 11.3 Å².